The van der Waals surface area contributed by atoms with Crippen molar-refractivity contribution in [3.8, 4) is 0 Å². The number of aliphatic carboxylic acids is 2. The van der Waals surface area contributed by atoms with Gasteiger partial charge in [0.05, 0.1) is 26.0 Å². The van der Waals surface area contributed by atoms with Gasteiger partial charge in [0, 0.05) is 44.2 Å². The number of nitrogens with one attached hydrogen (secondary N) is 13. The Hall–Kier alpha value is -9.92. The van der Waals surface area contributed by atoms with E-state index in [2.05, 4.69) is 73.8 Å². The lowest BCUT2D eigenvalue weighted by molar-refractivity contribution is -0.148. The molecule has 4 heterocycles. The number of carboxylic acid groups (broad SMARTS) is 2. The van der Waals surface area contributed by atoms with Gasteiger partial charge in [-0.25, -0.2) is 4.98 Å². The normalized spacial score (nSPS) is 27.3. The van der Waals surface area contributed by atoms with E-state index in [0.29, 0.717) is 6.42 Å². The summed E-state index contributed by atoms with van der Waals surface area (Å²) >= 11 is 0. The molecule has 0 radical (unpaired) electrons. The van der Waals surface area contributed by atoms with E-state index in [-0.39, 0.29) is 82.6 Å². The highest BCUT2D eigenvalue weighted by Crippen LogP contribution is 2.27. The SMILES string of the molecule is CC(C)C[C@@H]1NC(=O)[C@H](Cc2cnc[nH]2)NC(=O)[C@H](CO)NC(=O)[C@H](C)NC(=O)[C@H](C(C)C)NC(=O)[C@H](CCCCN)NC(=O)[C@H](CO)NC(=O)[C@H](C(C)C)NC(=O)[C@H](CCC(=O)O)NC(=O)[C@H]2CCCN2C(=O)[C@@H]2CCCN2C(=O)[C@H](CC(N)=O)NC(=O)[C@H](C(C)C)NC(=O)[C@H](CCC(=O)O)NC1=O. The molecule has 3 fully saturated rings. The zero-order valence-electron chi connectivity index (χ0n) is 60.7. The van der Waals surface area contributed by atoms with Crippen molar-refractivity contribution in [2.45, 2.75) is 237 Å². The molecule has 0 unspecified atom stereocenters. The molecule has 3 saturated heterocycles. The summed E-state index contributed by atoms with van der Waals surface area (Å²) in [6.45, 7) is 11.4. The van der Waals surface area contributed by atoms with Crippen LogP contribution in [0.2, 0.25) is 0 Å². The molecule has 21 N–H and O–H groups in total. The van der Waals surface area contributed by atoms with Gasteiger partial charge >= 0.3 is 11.9 Å². The molecule has 0 aliphatic carbocycles. The number of hydrogen-bond donors (Lipinski definition) is 19. The van der Waals surface area contributed by atoms with Gasteiger partial charge < -0.3 is 110 Å². The molecule has 4 rings (SSSR count). The van der Waals surface area contributed by atoms with E-state index < -0.39 is 248 Å². The highest BCUT2D eigenvalue weighted by molar-refractivity contribution is 6.02. The van der Waals surface area contributed by atoms with Crippen LogP contribution in [0.25, 0.3) is 0 Å². The molecular weight excluding hydrogens is 1380 g/mol. The Bertz CT molecular complexity index is 3260. The molecule has 14 atom stereocenters. The van der Waals surface area contributed by atoms with E-state index in [9.17, 15) is 102 Å². The lowest BCUT2D eigenvalue weighted by Crippen LogP contribution is -2.62. The van der Waals surface area contributed by atoms with Crippen molar-refractivity contribution < 1.29 is 102 Å². The van der Waals surface area contributed by atoms with Crippen molar-refractivity contribution in [1.82, 2.24) is 83.6 Å². The van der Waals surface area contributed by atoms with Crippen LogP contribution in [0.5, 0.6) is 0 Å². The van der Waals surface area contributed by atoms with Crippen molar-refractivity contribution >= 4 is 101 Å². The van der Waals surface area contributed by atoms with Gasteiger partial charge in [-0.2, -0.15) is 0 Å². The van der Waals surface area contributed by atoms with Gasteiger partial charge in [-0.05, 0) is 101 Å². The molecule has 3 aliphatic rings. The van der Waals surface area contributed by atoms with Crippen LogP contribution in [0.1, 0.15) is 151 Å². The van der Waals surface area contributed by atoms with Crippen LogP contribution in [0.15, 0.2) is 12.5 Å². The largest absolute Gasteiger partial charge is 0.481 e. The topological polar surface area (TPSA) is 603 Å². The number of amides is 15. The predicted molar refractivity (Wildman–Crippen MR) is 369 cm³/mol. The highest BCUT2D eigenvalue weighted by atomic mass is 16.4. The fourth-order valence-electron chi connectivity index (χ4n) is 12.0. The standard InChI is InChI=1S/C66H106N18O21/c1-31(2)24-40-57(96)73-38(17-19-48(88)89)55(94)81-51(33(5)6)63(102)77-42(26-47(68)87)65(104)84-23-13-16-46(84)66(105)83-22-12-15-45(83)61(100)74-39(18-20-49(90)91)56(95)82-52(34(7)8)64(103)79-44(29-86)59(98)72-37(14-10-11-21-67)54(93)80-50(32(3)4)62(101)71-35(9)53(92)78-43(28-85)60(99)76-41(58(97)75-40)25-36-27-69-30-70-36/h27,30-35,37-46,50-52,85-86H,10-26,28-29,67H2,1-9H3,(H2,68,87)(H,69,70)(H,71,101)(H,72,98)(H,73,96)(H,74,100)(H,75,97)(H,76,99)(H,77,102)(H,78,92)(H,79,103)(H,80,93)(H,81,94)(H,82,95)(H,88,89)(H,90,91)/t35-,37-,38-,39-,40-,41-,42-,43-,44-,45+,46-,50-,51-,52-/m0/s1. The number of carboxylic acids is 2. The summed E-state index contributed by atoms with van der Waals surface area (Å²) in [6.07, 6.45) is -0.433. The summed E-state index contributed by atoms with van der Waals surface area (Å²) in [5.74, 6) is -20.9. The van der Waals surface area contributed by atoms with Gasteiger partial charge in [0.15, 0.2) is 0 Å². The summed E-state index contributed by atoms with van der Waals surface area (Å²) in [7, 11) is 0. The Labute approximate surface area is 607 Å². The number of fused-ring (bicyclic) bond motifs is 2. The molecule has 0 aromatic carbocycles. The number of primary amides is 1. The van der Waals surface area contributed by atoms with Crippen LogP contribution in [0.3, 0.4) is 0 Å². The fraction of sp³-hybridized carbons (Fsp3) is 0.697. The number of hydrogen-bond acceptors (Lipinski definition) is 21. The Morgan fingerprint density at radius 2 is 0.867 bits per heavy atom. The van der Waals surface area contributed by atoms with Gasteiger partial charge in [-0.1, -0.05) is 55.4 Å². The van der Waals surface area contributed by atoms with Crippen LogP contribution in [0.4, 0.5) is 0 Å². The zero-order valence-corrected chi connectivity index (χ0v) is 60.7. The molecule has 105 heavy (non-hydrogen) atoms. The Morgan fingerprint density at radius 1 is 0.476 bits per heavy atom. The third-order valence-electron chi connectivity index (χ3n) is 17.9. The average Bonchev–Trinajstić information content (AvgIpc) is 1.68. The molecule has 39 nitrogen and oxygen atoms in total. The Morgan fingerprint density at radius 3 is 1.30 bits per heavy atom. The second kappa shape index (κ2) is 42.1. The van der Waals surface area contributed by atoms with Gasteiger partial charge in [0.1, 0.15) is 84.6 Å². The Kier molecular flexibility index (Phi) is 35.1. The predicted octanol–water partition coefficient (Wildman–Crippen LogP) is -6.48. The number of imidazole rings is 1. The first-order valence-electron chi connectivity index (χ1n) is 35.3. The molecule has 0 saturated carbocycles. The van der Waals surface area contributed by atoms with Crippen molar-refractivity contribution in [1.29, 1.82) is 0 Å². The van der Waals surface area contributed by atoms with E-state index in [4.69, 9.17) is 11.5 Å². The van der Waals surface area contributed by atoms with Crippen LogP contribution < -0.4 is 75.3 Å². The number of nitrogens with zero attached hydrogens (tertiary/aromatic N) is 3. The van der Waals surface area contributed by atoms with Crippen LogP contribution >= 0.6 is 0 Å². The maximum Gasteiger partial charge on any atom is 0.303 e. The number of rotatable bonds is 21. The lowest BCUT2D eigenvalue weighted by atomic mass is 9.99. The molecule has 39 heteroatoms. The number of unbranched alkanes of at least 4 members (excludes halogenated alkanes) is 1. The zero-order chi connectivity index (χ0) is 78.7. The molecular formula is C66H106N18O21. The first-order valence-corrected chi connectivity index (χ1v) is 35.3. The average molecular weight is 1490 g/mol. The number of carbonyl (C=O) groups is 17. The molecule has 0 spiro atoms. The van der Waals surface area contributed by atoms with Crippen molar-refractivity contribution in [2.24, 2.45) is 35.1 Å². The second-order valence-corrected chi connectivity index (χ2v) is 27.9. The van der Waals surface area contributed by atoms with E-state index in [1.165, 1.54) is 61.0 Å². The fourth-order valence-corrected chi connectivity index (χ4v) is 12.0. The smallest absolute Gasteiger partial charge is 0.303 e. The van der Waals surface area contributed by atoms with E-state index >= 15 is 0 Å². The minimum atomic E-state index is -1.83. The summed E-state index contributed by atoms with van der Waals surface area (Å²) < 4.78 is 0. The highest BCUT2D eigenvalue weighted by Gasteiger charge is 2.46. The number of H-pyrrole nitrogens is 1. The number of aromatic nitrogens is 2. The third-order valence-corrected chi connectivity index (χ3v) is 17.9. The van der Waals surface area contributed by atoms with Crippen molar-refractivity contribution in [3.63, 3.8) is 0 Å². The van der Waals surface area contributed by atoms with Crippen LogP contribution in [0, 0.1) is 23.7 Å². The first kappa shape index (κ1) is 87.5. The van der Waals surface area contributed by atoms with Crippen LogP contribution in [-0.4, -0.2) is 258 Å². The quantitative estimate of drug-likeness (QED) is 0.0509. The van der Waals surface area contributed by atoms with Gasteiger partial charge in [0.2, 0.25) is 88.6 Å². The number of nitrogens with two attached hydrogens (primary N) is 2. The lowest BCUT2D eigenvalue weighted by Gasteiger charge is -2.34. The molecule has 0 bridgehead atoms. The number of aliphatic hydroxyl groups is 2. The molecule has 3 aliphatic heterocycles. The Balaban J connectivity index is 1.82. The number of aliphatic hydroxyl groups excluding tert-OH is 2. The monoisotopic (exact) mass is 1490 g/mol. The second-order valence-electron chi connectivity index (χ2n) is 27.9. The summed E-state index contributed by atoms with van der Waals surface area (Å²) in [4.78, 5) is 246. The number of aromatic amines is 1. The minimum absolute atomic E-state index is 0.00987. The summed E-state index contributed by atoms with van der Waals surface area (Å²) in [6, 6.07) is -22.3. The molecule has 15 amide bonds. The minimum Gasteiger partial charge on any atom is -0.481 e. The summed E-state index contributed by atoms with van der Waals surface area (Å²) in [5, 5.41) is 70.1. The third kappa shape index (κ3) is 26.9. The molecule has 586 valence electrons. The maximum atomic E-state index is 14.7. The first-order chi connectivity index (χ1) is 49.4. The van der Waals surface area contributed by atoms with Gasteiger partial charge in [-0.3, -0.25) is 81.5 Å². The van der Waals surface area contributed by atoms with Gasteiger partial charge in [0.25, 0.3) is 0 Å². The van der Waals surface area contributed by atoms with Gasteiger partial charge in [-0.15, -0.1) is 0 Å². The molecule has 1 aromatic rings. The number of carbonyl (C=O) groups excluding carboxylic acids is 15. The van der Waals surface area contributed by atoms with Crippen molar-refractivity contribution in [3.05, 3.63) is 18.2 Å². The summed E-state index contributed by atoms with van der Waals surface area (Å²) in [5.41, 5.74) is 11.6. The van der Waals surface area contributed by atoms with E-state index in [1.807, 2.05) is 0 Å². The van der Waals surface area contributed by atoms with E-state index in [1.54, 1.807) is 13.8 Å². The van der Waals surface area contributed by atoms with Crippen molar-refractivity contribution in [2.75, 3.05) is 32.8 Å². The van der Waals surface area contributed by atoms with E-state index in [0.717, 1.165) is 9.80 Å². The van der Waals surface area contributed by atoms with Crippen LogP contribution in [-0.2, 0) is 87.9 Å². The maximum absolute atomic E-state index is 14.7. The molecule has 1 aromatic heterocycles.